The number of rotatable bonds is 10. The second kappa shape index (κ2) is 12.5. The molecule has 0 aromatic carbocycles. The lowest BCUT2D eigenvalue weighted by Gasteiger charge is -2.10. The lowest BCUT2D eigenvalue weighted by molar-refractivity contribution is 0.372. The van der Waals surface area contributed by atoms with Crippen LogP contribution in [0.5, 0.6) is 0 Å². The Balaban J connectivity index is 0.00000320. The molecule has 8 nitrogen and oxygen atoms in total. The number of aliphatic imine (C=N–C) groups is 1. The third-order valence-electron chi connectivity index (χ3n) is 4.97. The summed E-state index contributed by atoms with van der Waals surface area (Å²) in [6, 6.07) is 7.95. The smallest absolute Gasteiger partial charge is 0.191 e. The minimum atomic E-state index is 0. The third-order valence-corrected chi connectivity index (χ3v) is 4.97. The SMILES string of the molecule is CCNC(=NCc1cc(C(CC)CC)no1)NCCCc1nnc2ccccn12.I. The molecule has 0 bridgehead atoms. The number of aryl methyl sites for hydroxylation is 1. The lowest BCUT2D eigenvalue weighted by atomic mass is 9.99. The fourth-order valence-electron chi connectivity index (χ4n) is 3.32. The molecule has 0 amide bonds. The molecule has 30 heavy (non-hydrogen) atoms. The Hall–Kier alpha value is -2.17. The van der Waals surface area contributed by atoms with Gasteiger partial charge in [-0.25, -0.2) is 4.99 Å². The van der Waals surface area contributed by atoms with Crippen LogP contribution in [0.2, 0.25) is 0 Å². The summed E-state index contributed by atoms with van der Waals surface area (Å²) in [6.07, 6.45) is 5.91. The maximum absolute atomic E-state index is 5.46. The molecule has 0 spiro atoms. The van der Waals surface area contributed by atoms with Gasteiger partial charge in [0.2, 0.25) is 0 Å². The number of halogens is 1. The van der Waals surface area contributed by atoms with Crippen molar-refractivity contribution in [1.82, 2.24) is 30.4 Å². The van der Waals surface area contributed by atoms with E-state index in [-0.39, 0.29) is 24.0 Å². The predicted octanol–water partition coefficient (Wildman–Crippen LogP) is 3.93. The molecule has 2 N–H and O–H groups in total. The Morgan fingerprint density at radius 3 is 2.77 bits per heavy atom. The molecule has 0 aliphatic rings. The minimum Gasteiger partial charge on any atom is -0.359 e. The summed E-state index contributed by atoms with van der Waals surface area (Å²) >= 11 is 0. The van der Waals surface area contributed by atoms with Crippen LogP contribution in [0.3, 0.4) is 0 Å². The van der Waals surface area contributed by atoms with Crippen LogP contribution in [-0.2, 0) is 13.0 Å². The van der Waals surface area contributed by atoms with E-state index in [1.54, 1.807) is 0 Å². The molecule has 3 heterocycles. The first kappa shape index (κ1) is 24.1. The molecule has 164 valence electrons. The first-order chi connectivity index (χ1) is 14.2. The van der Waals surface area contributed by atoms with Crippen molar-refractivity contribution in [3.63, 3.8) is 0 Å². The Labute approximate surface area is 194 Å². The van der Waals surface area contributed by atoms with Gasteiger partial charge in [0.1, 0.15) is 12.4 Å². The van der Waals surface area contributed by atoms with Gasteiger partial charge in [0, 0.05) is 37.7 Å². The van der Waals surface area contributed by atoms with Crippen molar-refractivity contribution in [2.24, 2.45) is 4.99 Å². The monoisotopic (exact) mass is 525 g/mol. The van der Waals surface area contributed by atoms with E-state index in [1.807, 2.05) is 34.9 Å². The molecule has 0 saturated heterocycles. The van der Waals surface area contributed by atoms with Crippen LogP contribution < -0.4 is 10.6 Å². The molecule has 9 heteroatoms. The standard InChI is InChI=1S/C21H31N7O.HI/c1-4-16(5-2)18-14-17(29-27-18)15-24-21(22-6-3)23-12-9-11-20-26-25-19-10-7-8-13-28(19)20;/h7-8,10,13-14,16H,4-6,9,11-12,15H2,1-3H3,(H2,22,23,24);1H. The number of fused-ring (bicyclic) bond motifs is 1. The van der Waals surface area contributed by atoms with Gasteiger partial charge in [0.05, 0.1) is 5.69 Å². The third kappa shape index (κ3) is 6.41. The largest absolute Gasteiger partial charge is 0.359 e. The Morgan fingerprint density at radius 2 is 2.00 bits per heavy atom. The van der Waals surface area contributed by atoms with Crippen molar-refractivity contribution < 1.29 is 4.52 Å². The van der Waals surface area contributed by atoms with Crippen molar-refractivity contribution in [1.29, 1.82) is 0 Å². The maximum atomic E-state index is 5.46. The second-order valence-corrected chi connectivity index (χ2v) is 7.00. The first-order valence-corrected chi connectivity index (χ1v) is 10.5. The molecule has 3 aromatic rings. The normalized spacial score (nSPS) is 11.7. The molecule has 0 unspecified atom stereocenters. The summed E-state index contributed by atoms with van der Waals surface area (Å²) in [5.41, 5.74) is 1.91. The first-order valence-electron chi connectivity index (χ1n) is 10.5. The summed E-state index contributed by atoms with van der Waals surface area (Å²) in [5, 5.41) is 19.3. The van der Waals surface area contributed by atoms with Crippen LogP contribution in [0.25, 0.3) is 5.65 Å². The summed E-state index contributed by atoms with van der Waals surface area (Å²) in [6.45, 7) is 8.47. The van der Waals surface area contributed by atoms with E-state index in [0.717, 1.165) is 67.7 Å². The zero-order chi connectivity index (χ0) is 20.5. The Kier molecular flexibility index (Phi) is 10.0. The Morgan fingerprint density at radius 1 is 1.17 bits per heavy atom. The van der Waals surface area contributed by atoms with Gasteiger partial charge in [-0.15, -0.1) is 34.2 Å². The van der Waals surface area contributed by atoms with Gasteiger partial charge in [0.25, 0.3) is 0 Å². The summed E-state index contributed by atoms with van der Waals surface area (Å²) in [4.78, 5) is 4.62. The van der Waals surface area contributed by atoms with E-state index >= 15 is 0 Å². The molecule has 3 aromatic heterocycles. The van der Waals surface area contributed by atoms with Gasteiger partial charge in [-0.3, -0.25) is 4.40 Å². The topological polar surface area (TPSA) is 92.6 Å². The van der Waals surface area contributed by atoms with Gasteiger partial charge in [0.15, 0.2) is 17.4 Å². The Bertz CT molecular complexity index is 917. The number of nitrogens with zero attached hydrogens (tertiary/aromatic N) is 5. The van der Waals surface area contributed by atoms with E-state index in [2.05, 4.69) is 51.8 Å². The average Bonchev–Trinajstić information content (AvgIpc) is 3.38. The van der Waals surface area contributed by atoms with Crippen LogP contribution in [0.4, 0.5) is 0 Å². The number of aromatic nitrogens is 4. The number of hydrogen-bond acceptors (Lipinski definition) is 5. The van der Waals surface area contributed by atoms with Crippen LogP contribution >= 0.6 is 24.0 Å². The highest BCUT2D eigenvalue weighted by Crippen LogP contribution is 2.22. The highest BCUT2D eigenvalue weighted by Gasteiger charge is 2.13. The van der Waals surface area contributed by atoms with Crippen LogP contribution in [0, 0.1) is 0 Å². The van der Waals surface area contributed by atoms with Crippen LogP contribution in [-0.4, -0.2) is 38.8 Å². The molecular weight excluding hydrogens is 493 g/mol. The molecule has 0 atom stereocenters. The second-order valence-electron chi connectivity index (χ2n) is 7.00. The quantitative estimate of drug-likeness (QED) is 0.180. The van der Waals surface area contributed by atoms with E-state index in [9.17, 15) is 0 Å². The van der Waals surface area contributed by atoms with Crippen LogP contribution in [0.15, 0.2) is 40.0 Å². The fraction of sp³-hybridized carbons (Fsp3) is 0.524. The average molecular weight is 525 g/mol. The molecule has 0 aliphatic heterocycles. The predicted molar refractivity (Wildman–Crippen MR) is 129 cm³/mol. The molecule has 3 rings (SSSR count). The number of guanidine groups is 1. The van der Waals surface area contributed by atoms with Gasteiger partial charge in [-0.2, -0.15) is 0 Å². The fourth-order valence-corrected chi connectivity index (χ4v) is 3.32. The van der Waals surface area contributed by atoms with Gasteiger partial charge >= 0.3 is 0 Å². The molecule has 0 fully saturated rings. The highest BCUT2D eigenvalue weighted by molar-refractivity contribution is 14.0. The zero-order valence-corrected chi connectivity index (χ0v) is 20.3. The summed E-state index contributed by atoms with van der Waals surface area (Å²) < 4.78 is 7.49. The van der Waals surface area contributed by atoms with Crippen molar-refractivity contribution >= 4 is 35.6 Å². The molecular formula is C21H32IN7O. The van der Waals surface area contributed by atoms with E-state index in [0.29, 0.717) is 12.5 Å². The lowest BCUT2D eigenvalue weighted by Crippen LogP contribution is -2.37. The van der Waals surface area contributed by atoms with Crippen molar-refractivity contribution in [2.45, 2.75) is 58.9 Å². The van der Waals surface area contributed by atoms with Gasteiger partial charge < -0.3 is 15.2 Å². The number of hydrogen-bond donors (Lipinski definition) is 2. The van der Waals surface area contributed by atoms with Gasteiger partial charge in [-0.05, 0) is 38.3 Å². The van der Waals surface area contributed by atoms with Crippen LogP contribution in [0.1, 0.15) is 63.2 Å². The number of pyridine rings is 1. The van der Waals surface area contributed by atoms with Gasteiger partial charge in [-0.1, -0.05) is 25.1 Å². The zero-order valence-electron chi connectivity index (χ0n) is 18.0. The van der Waals surface area contributed by atoms with E-state index in [4.69, 9.17) is 4.52 Å². The van der Waals surface area contributed by atoms with E-state index in [1.165, 1.54) is 0 Å². The highest BCUT2D eigenvalue weighted by atomic mass is 127. The van der Waals surface area contributed by atoms with Crippen molar-refractivity contribution in [2.75, 3.05) is 13.1 Å². The summed E-state index contributed by atoms with van der Waals surface area (Å²) in [7, 11) is 0. The maximum Gasteiger partial charge on any atom is 0.191 e. The van der Waals surface area contributed by atoms with Crippen molar-refractivity contribution in [3.05, 3.63) is 47.7 Å². The van der Waals surface area contributed by atoms with E-state index < -0.39 is 0 Å². The summed E-state index contributed by atoms with van der Waals surface area (Å²) in [5.74, 6) is 2.99. The molecule has 0 aliphatic carbocycles. The molecule has 0 saturated carbocycles. The number of nitrogens with one attached hydrogen (secondary N) is 2. The molecule has 0 radical (unpaired) electrons. The minimum absolute atomic E-state index is 0. The van der Waals surface area contributed by atoms with Crippen molar-refractivity contribution in [3.8, 4) is 0 Å².